The number of hydrogen-bond acceptors (Lipinski definition) is 6. The molecular formula is C20H21N5O3. The van der Waals surface area contributed by atoms with E-state index in [0.717, 1.165) is 28.1 Å². The van der Waals surface area contributed by atoms with E-state index in [-0.39, 0.29) is 6.54 Å². The average Bonchev–Trinajstić information content (AvgIpc) is 3.41. The largest absolute Gasteiger partial charge is 0.479 e. The van der Waals surface area contributed by atoms with Crippen LogP contribution in [0.5, 0.6) is 0 Å². The normalized spacial score (nSPS) is 14.6. The SMILES string of the molecule is Cc1cc(Nc2nccc(C3CC3)n2)cc(-c2cnn(C[C@@H](O)C(=O)O)c2)c1. The molecule has 1 aromatic carbocycles. The zero-order chi connectivity index (χ0) is 19.7. The van der Waals surface area contributed by atoms with Crippen LogP contribution in [0, 0.1) is 6.92 Å². The fourth-order valence-corrected chi connectivity index (χ4v) is 3.06. The number of nitrogens with zero attached hydrogens (tertiary/aromatic N) is 4. The zero-order valence-corrected chi connectivity index (χ0v) is 15.4. The first-order chi connectivity index (χ1) is 13.5. The quantitative estimate of drug-likeness (QED) is 0.578. The molecule has 1 aliphatic carbocycles. The summed E-state index contributed by atoms with van der Waals surface area (Å²) in [6.07, 6.45) is 6.03. The number of carbonyl (C=O) groups is 1. The van der Waals surface area contributed by atoms with Crippen LogP contribution in [0.1, 0.15) is 30.0 Å². The highest BCUT2D eigenvalue weighted by Crippen LogP contribution is 2.39. The summed E-state index contributed by atoms with van der Waals surface area (Å²) < 4.78 is 1.42. The van der Waals surface area contributed by atoms with E-state index in [4.69, 9.17) is 5.11 Å². The van der Waals surface area contributed by atoms with Gasteiger partial charge in [-0.2, -0.15) is 5.10 Å². The number of benzene rings is 1. The smallest absolute Gasteiger partial charge is 0.334 e. The molecule has 2 heterocycles. The van der Waals surface area contributed by atoms with Crippen molar-refractivity contribution in [1.29, 1.82) is 0 Å². The Morgan fingerprint density at radius 1 is 1.32 bits per heavy atom. The van der Waals surface area contributed by atoms with Gasteiger partial charge in [-0.1, -0.05) is 6.07 Å². The molecule has 0 amide bonds. The number of aliphatic carboxylic acids is 1. The molecule has 0 saturated heterocycles. The van der Waals surface area contributed by atoms with E-state index < -0.39 is 12.1 Å². The summed E-state index contributed by atoms with van der Waals surface area (Å²) in [5.41, 5.74) is 4.75. The molecule has 0 radical (unpaired) electrons. The molecule has 4 rings (SSSR count). The van der Waals surface area contributed by atoms with Gasteiger partial charge in [-0.3, -0.25) is 4.68 Å². The Balaban J connectivity index is 1.55. The van der Waals surface area contributed by atoms with E-state index >= 15 is 0 Å². The molecule has 0 bridgehead atoms. The molecule has 0 unspecified atom stereocenters. The second-order valence-electron chi connectivity index (χ2n) is 7.10. The molecule has 144 valence electrons. The van der Waals surface area contributed by atoms with E-state index in [9.17, 15) is 9.90 Å². The van der Waals surface area contributed by atoms with Crippen LogP contribution >= 0.6 is 0 Å². The van der Waals surface area contributed by atoms with Crippen LogP contribution in [-0.4, -0.2) is 42.0 Å². The van der Waals surface area contributed by atoms with Gasteiger partial charge in [-0.25, -0.2) is 14.8 Å². The molecule has 2 aromatic heterocycles. The van der Waals surface area contributed by atoms with Crippen molar-refractivity contribution in [1.82, 2.24) is 19.7 Å². The molecular weight excluding hydrogens is 358 g/mol. The summed E-state index contributed by atoms with van der Waals surface area (Å²) in [5, 5.41) is 25.7. The van der Waals surface area contributed by atoms with E-state index in [1.807, 2.05) is 31.2 Å². The Morgan fingerprint density at radius 3 is 2.89 bits per heavy atom. The van der Waals surface area contributed by atoms with Crippen LogP contribution in [0.15, 0.2) is 42.9 Å². The topological polar surface area (TPSA) is 113 Å². The summed E-state index contributed by atoms with van der Waals surface area (Å²) in [7, 11) is 0. The van der Waals surface area contributed by atoms with Crippen molar-refractivity contribution in [3.8, 4) is 11.1 Å². The molecule has 1 fully saturated rings. The number of aryl methyl sites for hydroxylation is 1. The molecule has 1 aliphatic rings. The third-order valence-corrected chi connectivity index (χ3v) is 4.62. The number of hydrogen-bond donors (Lipinski definition) is 3. The van der Waals surface area contributed by atoms with Gasteiger partial charge in [0, 0.05) is 35.3 Å². The minimum absolute atomic E-state index is 0.103. The molecule has 0 aliphatic heterocycles. The summed E-state index contributed by atoms with van der Waals surface area (Å²) >= 11 is 0. The predicted molar refractivity (Wildman–Crippen MR) is 103 cm³/mol. The lowest BCUT2D eigenvalue weighted by Crippen LogP contribution is -2.25. The molecule has 1 atom stereocenters. The lowest BCUT2D eigenvalue weighted by molar-refractivity contribution is -0.147. The number of carboxylic acids is 1. The first-order valence-electron chi connectivity index (χ1n) is 9.13. The van der Waals surface area contributed by atoms with Crippen molar-refractivity contribution in [2.45, 2.75) is 38.3 Å². The van der Waals surface area contributed by atoms with Crippen molar-refractivity contribution in [3.63, 3.8) is 0 Å². The van der Waals surface area contributed by atoms with Crippen molar-refractivity contribution < 1.29 is 15.0 Å². The minimum atomic E-state index is -1.49. The maximum absolute atomic E-state index is 10.8. The molecule has 3 aromatic rings. The number of anilines is 2. The fraction of sp³-hybridized carbons (Fsp3) is 0.300. The van der Waals surface area contributed by atoms with Crippen LogP contribution in [0.3, 0.4) is 0 Å². The van der Waals surface area contributed by atoms with Gasteiger partial charge >= 0.3 is 5.97 Å². The predicted octanol–water partition coefficient (Wildman–Crippen LogP) is 2.72. The Morgan fingerprint density at radius 2 is 2.14 bits per heavy atom. The highest BCUT2D eigenvalue weighted by atomic mass is 16.4. The van der Waals surface area contributed by atoms with Crippen molar-refractivity contribution >= 4 is 17.6 Å². The van der Waals surface area contributed by atoms with E-state index in [1.165, 1.54) is 17.5 Å². The number of carboxylic acid groups (broad SMARTS) is 1. The second kappa shape index (κ2) is 7.40. The van der Waals surface area contributed by atoms with Gasteiger partial charge in [-0.15, -0.1) is 0 Å². The Labute approximate surface area is 161 Å². The monoisotopic (exact) mass is 379 g/mol. The third-order valence-electron chi connectivity index (χ3n) is 4.62. The maximum Gasteiger partial charge on any atom is 0.334 e. The molecule has 1 saturated carbocycles. The maximum atomic E-state index is 10.8. The van der Waals surface area contributed by atoms with Crippen LogP contribution < -0.4 is 5.32 Å². The zero-order valence-electron chi connectivity index (χ0n) is 15.4. The summed E-state index contributed by atoms with van der Waals surface area (Å²) in [4.78, 5) is 19.7. The molecule has 28 heavy (non-hydrogen) atoms. The van der Waals surface area contributed by atoms with Gasteiger partial charge in [0.2, 0.25) is 5.95 Å². The Hall–Kier alpha value is -3.26. The number of aromatic nitrogens is 4. The van der Waals surface area contributed by atoms with Gasteiger partial charge in [0.15, 0.2) is 6.10 Å². The molecule has 8 heteroatoms. The van der Waals surface area contributed by atoms with E-state index in [2.05, 4.69) is 20.4 Å². The molecule has 8 nitrogen and oxygen atoms in total. The van der Waals surface area contributed by atoms with Gasteiger partial charge < -0.3 is 15.5 Å². The number of aliphatic hydroxyl groups excluding tert-OH is 1. The van der Waals surface area contributed by atoms with Gasteiger partial charge in [0.05, 0.1) is 12.7 Å². The highest BCUT2D eigenvalue weighted by molar-refractivity contribution is 5.72. The van der Waals surface area contributed by atoms with Crippen molar-refractivity contribution in [2.75, 3.05) is 5.32 Å². The van der Waals surface area contributed by atoms with Crippen LogP contribution in [0.4, 0.5) is 11.6 Å². The fourth-order valence-electron chi connectivity index (χ4n) is 3.06. The standard InChI is InChI=1S/C20H21N5O3/c1-12-6-14(15-9-22-25(10-15)11-18(26)19(27)28)8-16(7-12)23-20-21-5-4-17(24-20)13-2-3-13/h4-10,13,18,26H,2-3,11H2,1H3,(H,27,28)(H,21,23,24)/t18-/m1/s1. The van der Waals surface area contributed by atoms with Crippen molar-refractivity contribution in [2.24, 2.45) is 0 Å². The third kappa shape index (κ3) is 4.17. The number of aliphatic hydroxyl groups is 1. The average molecular weight is 379 g/mol. The Kier molecular flexibility index (Phi) is 4.79. The van der Waals surface area contributed by atoms with Crippen LogP contribution in [-0.2, 0) is 11.3 Å². The number of nitrogens with one attached hydrogen (secondary N) is 1. The second-order valence-corrected chi connectivity index (χ2v) is 7.10. The van der Waals surface area contributed by atoms with E-state index in [1.54, 1.807) is 18.6 Å². The van der Waals surface area contributed by atoms with Crippen LogP contribution in [0.2, 0.25) is 0 Å². The Bertz CT molecular complexity index is 1010. The van der Waals surface area contributed by atoms with Gasteiger partial charge in [0.1, 0.15) is 0 Å². The van der Waals surface area contributed by atoms with Crippen molar-refractivity contribution in [3.05, 3.63) is 54.1 Å². The molecule has 3 N–H and O–H groups in total. The first-order valence-corrected chi connectivity index (χ1v) is 9.13. The minimum Gasteiger partial charge on any atom is -0.479 e. The van der Waals surface area contributed by atoms with Gasteiger partial charge in [0.25, 0.3) is 0 Å². The summed E-state index contributed by atoms with van der Waals surface area (Å²) in [5.74, 6) is -0.141. The first kappa shape index (κ1) is 18.1. The lowest BCUT2D eigenvalue weighted by Gasteiger charge is -2.09. The summed E-state index contributed by atoms with van der Waals surface area (Å²) in [6.45, 7) is 1.89. The highest BCUT2D eigenvalue weighted by Gasteiger charge is 2.25. The molecule has 0 spiro atoms. The van der Waals surface area contributed by atoms with Crippen LogP contribution in [0.25, 0.3) is 11.1 Å². The number of rotatable bonds is 7. The lowest BCUT2D eigenvalue weighted by atomic mass is 10.1. The summed E-state index contributed by atoms with van der Waals surface area (Å²) in [6, 6.07) is 7.95. The van der Waals surface area contributed by atoms with Gasteiger partial charge in [-0.05, 0) is 49.1 Å². The van der Waals surface area contributed by atoms with E-state index in [0.29, 0.717) is 11.9 Å².